The fourth-order valence-corrected chi connectivity index (χ4v) is 8.28. The van der Waals surface area contributed by atoms with Crippen molar-refractivity contribution in [3.05, 3.63) is 91.0 Å². The monoisotopic (exact) mass is 433 g/mol. The third kappa shape index (κ3) is 5.19. The van der Waals surface area contributed by atoms with Crippen LogP contribution in [0.2, 0.25) is 0 Å². The minimum Gasteiger partial charge on any atom is -0.386 e. The summed E-state index contributed by atoms with van der Waals surface area (Å²) in [6.07, 6.45) is 1.74. The lowest BCUT2D eigenvalue weighted by Gasteiger charge is -2.28. The van der Waals surface area contributed by atoms with Crippen LogP contribution < -0.4 is 32.3 Å². The summed E-state index contributed by atoms with van der Waals surface area (Å²) in [5, 5.41) is 17.3. The molecular formula is C25H30N4OP+. The molecule has 31 heavy (non-hydrogen) atoms. The highest BCUT2D eigenvalue weighted by Gasteiger charge is 2.44. The Morgan fingerprint density at radius 3 is 1.65 bits per heavy atom. The van der Waals surface area contributed by atoms with Gasteiger partial charge in [-0.3, -0.25) is 10.2 Å². The lowest BCUT2D eigenvalue weighted by Crippen LogP contribution is -2.50. The van der Waals surface area contributed by atoms with Crippen LogP contribution in [0, 0.1) is 5.41 Å². The van der Waals surface area contributed by atoms with E-state index >= 15 is 0 Å². The number of benzene rings is 3. The van der Waals surface area contributed by atoms with E-state index in [2.05, 4.69) is 83.4 Å². The summed E-state index contributed by atoms with van der Waals surface area (Å²) in [5.41, 5.74) is 5.52. The van der Waals surface area contributed by atoms with Crippen molar-refractivity contribution in [3.63, 3.8) is 0 Å². The van der Waals surface area contributed by atoms with Gasteiger partial charge in [-0.15, -0.1) is 0 Å². The van der Waals surface area contributed by atoms with E-state index in [0.29, 0.717) is 6.54 Å². The summed E-state index contributed by atoms with van der Waals surface area (Å²) in [4.78, 5) is 12.4. The molecule has 3 aromatic carbocycles. The van der Waals surface area contributed by atoms with E-state index in [4.69, 9.17) is 11.1 Å². The molecule has 0 bridgehead atoms. The molecule has 1 atom stereocenters. The second-order valence-electron chi connectivity index (χ2n) is 7.36. The molecule has 0 fully saturated rings. The van der Waals surface area contributed by atoms with Crippen LogP contribution in [0.4, 0.5) is 0 Å². The van der Waals surface area contributed by atoms with Gasteiger partial charge in [0, 0.05) is 6.54 Å². The van der Waals surface area contributed by atoms with Crippen LogP contribution in [-0.4, -0.2) is 37.5 Å². The van der Waals surface area contributed by atoms with Gasteiger partial charge in [0.05, 0.1) is 6.16 Å². The van der Waals surface area contributed by atoms with Crippen LogP contribution in [0.1, 0.15) is 6.42 Å². The zero-order chi connectivity index (χ0) is 22.1. The van der Waals surface area contributed by atoms with Gasteiger partial charge in [-0.1, -0.05) is 54.6 Å². The van der Waals surface area contributed by atoms with Gasteiger partial charge in [0.1, 0.15) is 35.1 Å². The SMILES string of the molecule is CNC(C(=N)N)C(=O)NCCC[P+](c1ccccc1)(c1ccccc1)c1ccccc1. The van der Waals surface area contributed by atoms with Crippen LogP contribution in [0.3, 0.4) is 0 Å². The largest absolute Gasteiger partial charge is 0.386 e. The minimum absolute atomic E-state index is 0.181. The smallest absolute Gasteiger partial charge is 0.244 e. The summed E-state index contributed by atoms with van der Waals surface area (Å²) < 4.78 is 0. The Labute approximate surface area is 184 Å². The molecule has 0 aliphatic carbocycles. The zero-order valence-electron chi connectivity index (χ0n) is 17.8. The van der Waals surface area contributed by atoms with Crippen LogP contribution in [0.25, 0.3) is 0 Å². The predicted molar refractivity (Wildman–Crippen MR) is 132 cm³/mol. The first-order valence-corrected chi connectivity index (χ1v) is 12.4. The molecule has 5 N–H and O–H groups in total. The van der Waals surface area contributed by atoms with Gasteiger partial charge in [0.25, 0.3) is 0 Å². The molecule has 5 nitrogen and oxygen atoms in total. The summed E-state index contributed by atoms with van der Waals surface area (Å²) in [5.74, 6) is -0.447. The molecule has 1 unspecified atom stereocenters. The molecule has 0 spiro atoms. The second kappa shape index (κ2) is 10.9. The number of carbonyl (C=O) groups excluding carboxylic acids is 1. The molecular weight excluding hydrogens is 403 g/mol. The van der Waals surface area contributed by atoms with Gasteiger partial charge >= 0.3 is 0 Å². The number of amidine groups is 1. The molecule has 0 aliphatic heterocycles. The van der Waals surface area contributed by atoms with E-state index in [-0.39, 0.29) is 11.7 Å². The average Bonchev–Trinajstić information content (AvgIpc) is 2.81. The number of nitrogens with one attached hydrogen (secondary N) is 3. The summed E-state index contributed by atoms with van der Waals surface area (Å²) >= 11 is 0. The van der Waals surface area contributed by atoms with Crippen LogP contribution in [-0.2, 0) is 4.79 Å². The molecule has 0 radical (unpaired) electrons. The third-order valence-electron chi connectivity index (χ3n) is 5.42. The molecule has 0 saturated heterocycles. The van der Waals surface area contributed by atoms with E-state index in [1.54, 1.807) is 7.05 Å². The van der Waals surface area contributed by atoms with Gasteiger partial charge < -0.3 is 16.4 Å². The lowest BCUT2D eigenvalue weighted by atomic mass is 10.2. The van der Waals surface area contributed by atoms with Crippen molar-refractivity contribution >= 4 is 34.9 Å². The maximum Gasteiger partial charge on any atom is 0.244 e. The molecule has 0 heterocycles. The zero-order valence-corrected chi connectivity index (χ0v) is 18.7. The Kier molecular flexibility index (Phi) is 7.94. The molecule has 0 aliphatic rings. The Morgan fingerprint density at radius 2 is 1.29 bits per heavy atom. The van der Waals surface area contributed by atoms with E-state index in [9.17, 15) is 4.79 Å². The van der Waals surface area contributed by atoms with Gasteiger partial charge in [-0.05, 0) is 49.9 Å². The fourth-order valence-electron chi connectivity index (χ4n) is 3.94. The second-order valence-corrected chi connectivity index (χ2v) is 11.0. The fraction of sp³-hybridized carbons (Fsp3) is 0.200. The Morgan fingerprint density at radius 1 is 0.871 bits per heavy atom. The maximum atomic E-state index is 12.4. The Bertz CT molecular complexity index is 884. The maximum absolute atomic E-state index is 12.4. The normalized spacial score (nSPS) is 12.2. The number of hydrogen-bond acceptors (Lipinski definition) is 3. The quantitative estimate of drug-likeness (QED) is 0.171. The molecule has 3 aromatic rings. The van der Waals surface area contributed by atoms with Crippen LogP contribution in [0.15, 0.2) is 91.0 Å². The Hall–Kier alpha value is -3.01. The van der Waals surface area contributed by atoms with Crippen LogP contribution in [0.5, 0.6) is 0 Å². The van der Waals surface area contributed by atoms with E-state index in [0.717, 1.165) is 12.6 Å². The summed E-state index contributed by atoms with van der Waals surface area (Å²) in [6.45, 7) is 0.526. The third-order valence-corrected chi connectivity index (χ3v) is 9.95. The van der Waals surface area contributed by atoms with Crippen molar-refractivity contribution < 1.29 is 4.79 Å². The van der Waals surface area contributed by atoms with E-state index in [1.807, 2.05) is 18.2 Å². The lowest BCUT2D eigenvalue weighted by molar-refractivity contribution is -0.121. The highest BCUT2D eigenvalue weighted by atomic mass is 31.2. The number of nitrogens with two attached hydrogens (primary N) is 1. The first-order chi connectivity index (χ1) is 15.1. The van der Waals surface area contributed by atoms with Crippen molar-refractivity contribution in [1.82, 2.24) is 10.6 Å². The first kappa shape index (κ1) is 22.7. The molecule has 3 rings (SSSR count). The van der Waals surface area contributed by atoms with Crippen molar-refractivity contribution in [3.8, 4) is 0 Å². The average molecular weight is 434 g/mol. The van der Waals surface area contributed by atoms with Gasteiger partial charge in [0.2, 0.25) is 5.91 Å². The first-order valence-electron chi connectivity index (χ1n) is 10.4. The number of likely N-dealkylation sites (N-methyl/N-ethyl adjacent to an activating group) is 1. The molecule has 1 amide bonds. The van der Waals surface area contributed by atoms with E-state index in [1.165, 1.54) is 15.9 Å². The van der Waals surface area contributed by atoms with Crippen molar-refractivity contribution in [2.75, 3.05) is 19.8 Å². The van der Waals surface area contributed by atoms with Crippen LogP contribution >= 0.6 is 7.26 Å². The predicted octanol–water partition coefficient (Wildman–Crippen LogP) is 2.01. The van der Waals surface area contributed by atoms with Crippen molar-refractivity contribution in [2.24, 2.45) is 5.73 Å². The van der Waals surface area contributed by atoms with Gasteiger partial charge in [-0.2, -0.15) is 0 Å². The summed E-state index contributed by atoms with van der Waals surface area (Å²) in [7, 11) is -0.269. The van der Waals surface area contributed by atoms with Crippen molar-refractivity contribution in [2.45, 2.75) is 12.5 Å². The topological polar surface area (TPSA) is 91.0 Å². The number of carbonyl (C=O) groups is 1. The van der Waals surface area contributed by atoms with E-state index < -0.39 is 13.3 Å². The van der Waals surface area contributed by atoms with Crippen molar-refractivity contribution in [1.29, 1.82) is 5.41 Å². The Balaban J connectivity index is 1.92. The number of rotatable bonds is 10. The molecule has 160 valence electrons. The molecule has 0 saturated carbocycles. The van der Waals surface area contributed by atoms with Gasteiger partial charge in [0.15, 0.2) is 0 Å². The highest BCUT2D eigenvalue weighted by molar-refractivity contribution is 7.95. The number of hydrogen-bond donors (Lipinski definition) is 4. The molecule has 6 heteroatoms. The highest BCUT2D eigenvalue weighted by Crippen LogP contribution is 2.55. The number of amides is 1. The molecule has 0 aromatic heterocycles. The summed E-state index contributed by atoms with van der Waals surface area (Å²) in [6, 6.07) is 31.3. The standard InChI is InChI=1S/C25H29N4OP/c1-28-23(24(26)27)25(30)29-18-11-19-31(20-12-5-2-6-13-20,21-14-7-3-8-15-21)22-16-9-4-10-17-22/h2-10,12-17,23,28H,11,18-19H2,1H3,(H3-,26,27,29,30)/p+1. The minimum atomic E-state index is -1.90. The van der Waals surface area contributed by atoms with Gasteiger partial charge in [-0.25, -0.2) is 0 Å².